The van der Waals surface area contributed by atoms with Crippen molar-refractivity contribution in [1.29, 1.82) is 0 Å². The maximum Gasteiger partial charge on any atom is 0.149 e. The van der Waals surface area contributed by atoms with Crippen LogP contribution in [0.4, 0.5) is 11.6 Å². The molecule has 0 spiro atoms. The van der Waals surface area contributed by atoms with E-state index in [-0.39, 0.29) is 6.61 Å². The summed E-state index contributed by atoms with van der Waals surface area (Å²) in [5.74, 6) is 1.21. The average molecular weight is 264 g/mol. The zero-order valence-corrected chi connectivity index (χ0v) is 10.8. The number of hydrogen-bond donors (Lipinski definition) is 2. The Morgan fingerprint density at radius 1 is 1.44 bits per heavy atom. The molecule has 0 atom stereocenters. The first-order valence-corrected chi connectivity index (χ1v) is 5.77. The zero-order chi connectivity index (χ0) is 12.1. The van der Waals surface area contributed by atoms with Crippen molar-refractivity contribution in [1.82, 2.24) is 4.98 Å². The van der Waals surface area contributed by atoms with E-state index in [1.54, 1.807) is 11.0 Å². The third-order valence-corrected chi connectivity index (χ3v) is 2.62. The summed E-state index contributed by atoms with van der Waals surface area (Å²) in [6, 6.07) is 1.65. The van der Waals surface area contributed by atoms with Crippen LogP contribution in [-0.4, -0.2) is 36.8 Å². The third kappa shape index (κ3) is 3.14. The molecule has 1 aromatic heterocycles. The molecule has 4 nitrogen and oxygen atoms in total. The van der Waals surface area contributed by atoms with E-state index in [4.69, 9.17) is 28.3 Å². The number of pyridine rings is 1. The quantitative estimate of drug-likeness (QED) is 0.856. The molecule has 0 saturated heterocycles. The molecular weight excluding hydrogens is 249 g/mol. The summed E-state index contributed by atoms with van der Waals surface area (Å²) < 4.78 is 0. The first-order chi connectivity index (χ1) is 7.60. The van der Waals surface area contributed by atoms with E-state index in [2.05, 4.69) is 10.3 Å². The summed E-state index contributed by atoms with van der Waals surface area (Å²) in [5.41, 5.74) is 0. The highest BCUT2D eigenvalue weighted by Crippen LogP contribution is 2.30. The molecule has 1 rings (SSSR count). The van der Waals surface area contributed by atoms with Gasteiger partial charge in [-0.2, -0.15) is 0 Å². The molecule has 16 heavy (non-hydrogen) atoms. The molecule has 0 unspecified atom stereocenters. The molecule has 6 heteroatoms. The van der Waals surface area contributed by atoms with Gasteiger partial charge in [0.2, 0.25) is 0 Å². The lowest BCUT2D eigenvalue weighted by Gasteiger charge is -2.19. The summed E-state index contributed by atoms with van der Waals surface area (Å²) in [4.78, 5) is 6.10. The lowest BCUT2D eigenvalue weighted by Crippen LogP contribution is -2.23. The Labute approximate surface area is 105 Å². The monoisotopic (exact) mass is 263 g/mol. The molecule has 0 radical (unpaired) electrons. The number of nitrogens with one attached hydrogen (secondary N) is 1. The molecule has 0 bridgehead atoms. The highest BCUT2D eigenvalue weighted by Gasteiger charge is 2.12. The van der Waals surface area contributed by atoms with Gasteiger partial charge in [0.1, 0.15) is 11.6 Å². The van der Waals surface area contributed by atoms with E-state index in [1.807, 2.05) is 14.0 Å². The average Bonchev–Trinajstić information content (AvgIpc) is 2.22. The maximum atomic E-state index is 8.86. The van der Waals surface area contributed by atoms with Crippen molar-refractivity contribution in [2.24, 2.45) is 0 Å². The fourth-order valence-corrected chi connectivity index (χ4v) is 1.84. The predicted molar refractivity (Wildman–Crippen MR) is 68.8 cm³/mol. The molecule has 0 aliphatic heterocycles. The van der Waals surface area contributed by atoms with Gasteiger partial charge in [0.15, 0.2) is 0 Å². The summed E-state index contributed by atoms with van der Waals surface area (Å²) in [6.45, 7) is 3.22. The Kier molecular flexibility index (Phi) is 5.12. The van der Waals surface area contributed by atoms with Gasteiger partial charge in [-0.3, -0.25) is 0 Å². The number of aliphatic hydroxyl groups is 1. The van der Waals surface area contributed by atoms with E-state index >= 15 is 0 Å². The minimum atomic E-state index is 0.0493. The van der Waals surface area contributed by atoms with Crippen LogP contribution >= 0.6 is 23.2 Å². The molecule has 2 N–H and O–H groups in total. The summed E-state index contributed by atoms with van der Waals surface area (Å²) >= 11 is 12.0. The molecule has 90 valence electrons. The standard InChI is InChI=1S/C10H15Cl2N3O/c1-3-13-9-7(11)6-8(12)10(14-9)15(2)4-5-16/h6,16H,3-5H2,1-2H3,(H,13,14). The molecule has 1 heterocycles. The van der Waals surface area contributed by atoms with E-state index in [1.165, 1.54) is 0 Å². The van der Waals surface area contributed by atoms with Gasteiger partial charge >= 0.3 is 0 Å². The molecular formula is C10H15Cl2N3O. The van der Waals surface area contributed by atoms with Gasteiger partial charge in [-0.05, 0) is 13.0 Å². The van der Waals surface area contributed by atoms with Crippen molar-refractivity contribution in [3.05, 3.63) is 16.1 Å². The topological polar surface area (TPSA) is 48.4 Å². The van der Waals surface area contributed by atoms with Crippen LogP contribution in [0.1, 0.15) is 6.92 Å². The third-order valence-electron chi connectivity index (χ3n) is 2.05. The molecule has 0 aliphatic rings. The number of aromatic nitrogens is 1. The smallest absolute Gasteiger partial charge is 0.149 e. The molecule has 0 fully saturated rings. The Bertz CT molecular complexity index is 360. The van der Waals surface area contributed by atoms with Crippen molar-refractivity contribution in [3.63, 3.8) is 0 Å². The van der Waals surface area contributed by atoms with E-state index < -0.39 is 0 Å². The van der Waals surface area contributed by atoms with Crippen molar-refractivity contribution >= 4 is 34.8 Å². The first-order valence-electron chi connectivity index (χ1n) is 5.02. The van der Waals surface area contributed by atoms with Gasteiger partial charge in [0, 0.05) is 20.1 Å². The second kappa shape index (κ2) is 6.13. The van der Waals surface area contributed by atoms with Gasteiger partial charge in [-0.25, -0.2) is 4.98 Å². The number of halogens is 2. The minimum Gasteiger partial charge on any atom is -0.395 e. The van der Waals surface area contributed by atoms with Crippen molar-refractivity contribution < 1.29 is 5.11 Å². The highest BCUT2D eigenvalue weighted by atomic mass is 35.5. The van der Waals surface area contributed by atoms with Gasteiger partial charge in [-0.1, -0.05) is 23.2 Å². The Hall–Kier alpha value is -0.710. The second-order valence-corrected chi connectivity index (χ2v) is 4.11. The van der Waals surface area contributed by atoms with E-state index in [0.29, 0.717) is 28.2 Å². The fraction of sp³-hybridized carbons (Fsp3) is 0.500. The molecule has 0 aliphatic carbocycles. The SMILES string of the molecule is CCNc1nc(N(C)CCO)c(Cl)cc1Cl. The molecule has 0 aromatic carbocycles. The lowest BCUT2D eigenvalue weighted by atomic mass is 10.4. The number of hydrogen-bond acceptors (Lipinski definition) is 4. The molecule has 0 saturated carbocycles. The number of anilines is 2. The van der Waals surface area contributed by atoms with Crippen LogP contribution in [0.25, 0.3) is 0 Å². The normalized spacial score (nSPS) is 10.3. The van der Waals surface area contributed by atoms with Crippen LogP contribution in [0, 0.1) is 0 Å². The van der Waals surface area contributed by atoms with E-state index in [0.717, 1.165) is 6.54 Å². The van der Waals surface area contributed by atoms with Crippen molar-refractivity contribution in [2.45, 2.75) is 6.92 Å². The maximum absolute atomic E-state index is 8.86. The minimum absolute atomic E-state index is 0.0493. The first kappa shape index (κ1) is 13.4. The van der Waals surface area contributed by atoms with Crippen LogP contribution < -0.4 is 10.2 Å². The number of aliphatic hydroxyl groups excluding tert-OH is 1. The highest BCUT2D eigenvalue weighted by molar-refractivity contribution is 6.37. The van der Waals surface area contributed by atoms with Crippen molar-refractivity contribution in [2.75, 3.05) is 37.0 Å². The van der Waals surface area contributed by atoms with E-state index in [9.17, 15) is 0 Å². The predicted octanol–water partition coefficient (Wildman–Crippen LogP) is 2.25. The van der Waals surface area contributed by atoms with Crippen LogP contribution in [0.3, 0.4) is 0 Å². The second-order valence-electron chi connectivity index (χ2n) is 3.30. The Balaban J connectivity index is 3.03. The largest absolute Gasteiger partial charge is 0.395 e. The number of rotatable bonds is 5. The summed E-state index contributed by atoms with van der Waals surface area (Å²) in [6.07, 6.45) is 0. The van der Waals surface area contributed by atoms with Crippen LogP contribution in [0.15, 0.2) is 6.07 Å². The lowest BCUT2D eigenvalue weighted by molar-refractivity contribution is 0.304. The Morgan fingerprint density at radius 3 is 2.69 bits per heavy atom. The molecule has 1 aromatic rings. The van der Waals surface area contributed by atoms with Gasteiger partial charge in [0.25, 0.3) is 0 Å². The van der Waals surface area contributed by atoms with Crippen LogP contribution in [0.2, 0.25) is 10.0 Å². The van der Waals surface area contributed by atoms with Crippen LogP contribution in [0.5, 0.6) is 0 Å². The van der Waals surface area contributed by atoms with Crippen LogP contribution in [-0.2, 0) is 0 Å². The molecule has 0 amide bonds. The number of likely N-dealkylation sites (N-methyl/N-ethyl adjacent to an activating group) is 1. The van der Waals surface area contributed by atoms with Crippen molar-refractivity contribution in [3.8, 4) is 0 Å². The number of nitrogens with zero attached hydrogens (tertiary/aromatic N) is 2. The zero-order valence-electron chi connectivity index (χ0n) is 9.30. The summed E-state index contributed by atoms with van der Waals surface area (Å²) in [7, 11) is 1.81. The summed E-state index contributed by atoms with van der Waals surface area (Å²) in [5, 5.41) is 12.9. The Morgan fingerprint density at radius 2 is 2.12 bits per heavy atom. The van der Waals surface area contributed by atoms with Gasteiger partial charge in [-0.15, -0.1) is 0 Å². The fourth-order valence-electron chi connectivity index (χ4n) is 1.27. The van der Waals surface area contributed by atoms with Gasteiger partial charge < -0.3 is 15.3 Å². The van der Waals surface area contributed by atoms with Gasteiger partial charge in [0.05, 0.1) is 16.7 Å².